The van der Waals surface area contributed by atoms with Crippen LogP contribution in [0, 0.1) is 5.82 Å². The summed E-state index contributed by atoms with van der Waals surface area (Å²) in [5.41, 5.74) is 0. The van der Waals surface area contributed by atoms with Gasteiger partial charge in [-0.1, -0.05) is 11.6 Å². The van der Waals surface area contributed by atoms with Crippen LogP contribution >= 0.6 is 22.9 Å². The maximum Gasteiger partial charge on any atom is 0.272 e. The second-order valence-corrected chi connectivity index (χ2v) is 4.21. The van der Waals surface area contributed by atoms with Gasteiger partial charge in [0, 0.05) is 5.39 Å². The van der Waals surface area contributed by atoms with E-state index in [1.54, 1.807) is 0 Å². The molecular weight excluding hydrogens is 233 g/mol. The number of hydrogen-bond acceptors (Lipinski definition) is 1. The van der Waals surface area contributed by atoms with Crippen molar-refractivity contribution >= 4 is 33.0 Å². The molecule has 0 fully saturated rings. The Kier molecular flexibility index (Phi) is 2.41. The Morgan fingerprint density at radius 2 is 2.00 bits per heavy atom. The quantitative estimate of drug-likeness (QED) is 0.677. The number of rotatable bonds is 1. The average molecular weight is 237 g/mol. The molecule has 14 heavy (non-hydrogen) atoms. The molecule has 1 aromatic carbocycles. The Labute approximate surface area is 86.9 Å². The summed E-state index contributed by atoms with van der Waals surface area (Å²) in [6.45, 7) is 0. The zero-order valence-electron chi connectivity index (χ0n) is 6.73. The number of halogens is 4. The normalized spacial score (nSPS) is 11.5. The minimum Gasteiger partial charge on any atom is -0.206 e. The molecular formula is C9H4ClF3S. The lowest BCUT2D eigenvalue weighted by Crippen LogP contribution is -1.75. The first-order chi connectivity index (χ1) is 6.59. The first-order valence-electron chi connectivity index (χ1n) is 3.75. The highest BCUT2D eigenvalue weighted by Gasteiger charge is 2.15. The Balaban J connectivity index is 2.75. The number of alkyl halides is 2. The second-order valence-electron chi connectivity index (χ2n) is 2.72. The van der Waals surface area contributed by atoms with Gasteiger partial charge in [-0.15, -0.1) is 11.3 Å². The van der Waals surface area contributed by atoms with Crippen LogP contribution in [0.2, 0.25) is 5.02 Å². The molecule has 2 aromatic rings. The average Bonchev–Trinajstić information content (AvgIpc) is 2.57. The van der Waals surface area contributed by atoms with Gasteiger partial charge in [-0.25, -0.2) is 13.2 Å². The summed E-state index contributed by atoms with van der Waals surface area (Å²) >= 11 is 6.57. The zero-order chi connectivity index (χ0) is 10.3. The largest absolute Gasteiger partial charge is 0.272 e. The van der Waals surface area contributed by atoms with Crippen LogP contribution in [0.4, 0.5) is 13.2 Å². The van der Waals surface area contributed by atoms with Gasteiger partial charge in [0.05, 0.1) is 14.6 Å². The SMILES string of the molecule is Fc1ccc(Cl)c2sc(C(F)F)cc12. The molecule has 0 N–H and O–H groups in total. The summed E-state index contributed by atoms with van der Waals surface area (Å²) < 4.78 is 38.2. The number of thiophene rings is 1. The standard InChI is InChI=1S/C9H4ClF3S/c10-5-1-2-6(11)4-3-7(9(12)13)14-8(4)5/h1-3,9H. The van der Waals surface area contributed by atoms with Crippen molar-refractivity contribution in [2.75, 3.05) is 0 Å². The smallest absolute Gasteiger partial charge is 0.206 e. The summed E-state index contributed by atoms with van der Waals surface area (Å²) in [6.07, 6.45) is -2.58. The van der Waals surface area contributed by atoms with Crippen LogP contribution in [-0.4, -0.2) is 0 Å². The van der Waals surface area contributed by atoms with E-state index in [1.165, 1.54) is 12.1 Å². The lowest BCUT2D eigenvalue weighted by molar-refractivity contribution is 0.156. The van der Waals surface area contributed by atoms with Crippen molar-refractivity contribution in [3.05, 3.63) is 33.9 Å². The van der Waals surface area contributed by atoms with Gasteiger partial charge in [-0.2, -0.15) is 0 Å². The molecule has 0 nitrogen and oxygen atoms in total. The minimum atomic E-state index is -2.58. The molecule has 2 rings (SSSR count). The monoisotopic (exact) mass is 236 g/mol. The van der Waals surface area contributed by atoms with Gasteiger partial charge in [0.15, 0.2) is 0 Å². The molecule has 0 aliphatic carbocycles. The van der Waals surface area contributed by atoms with E-state index in [4.69, 9.17) is 11.6 Å². The van der Waals surface area contributed by atoms with Gasteiger partial charge in [0.1, 0.15) is 5.82 Å². The summed E-state index contributed by atoms with van der Waals surface area (Å²) in [7, 11) is 0. The van der Waals surface area contributed by atoms with E-state index in [1.807, 2.05) is 0 Å². The Hall–Kier alpha value is -0.740. The molecule has 0 saturated carbocycles. The van der Waals surface area contributed by atoms with Crippen molar-refractivity contribution in [3.8, 4) is 0 Å². The fourth-order valence-corrected chi connectivity index (χ4v) is 2.40. The molecule has 0 radical (unpaired) electrons. The Morgan fingerprint density at radius 3 is 2.57 bits per heavy atom. The highest BCUT2D eigenvalue weighted by Crippen LogP contribution is 2.37. The van der Waals surface area contributed by atoms with Crippen LogP contribution in [-0.2, 0) is 0 Å². The molecule has 0 saturated heterocycles. The third-order valence-electron chi connectivity index (χ3n) is 1.82. The van der Waals surface area contributed by atoms with Crippen molar-refractivity contribution in [2.24, 2.45) is 0 Å². The molecule has 0 bridgehead atoms. The molecule has 1 aromatic heterocycles. The highest BCUT2D eigenvalue weighted by molar-refractivity contribution is 7.19. The van der Waals surface area contributed by atoms with Gasteiger partial charge in [-0.3, -0.25) is 0 Å². The third kappa shape index (κ3) is 1.48. The van der Waals surface area contributed by atoms with Crippen LogP contribution in [0.25, 0.3) is 10.1 Å². The molecule has 0 amide bonds. The van der Waals surface area contributed by atoms with Crippen molar-refractivity contribution in [2.45, 2.75) is 6.43 Å². The highest BCUT2D eigenvalue weighted by atomic mass is 35.5. The summed E-state index contributed by atoms with van der Waals surface area (Å²) in [5, 5.41) is 0.469. The van der Waals surface area contributed by atoms with Crippen molar-refractivity contribution in [1.82, 2.24) is 0 Å². The van der Waals surface area contributed by atoms with E-state index in [2.05, 4.69) is 0 Å². The molecule has 1 heterocycles. The van der Waals surface area contributed by atoms with Gasteiger partial charge in [0.2, 0.25) is 0 Å². The van der Waals surface area contributed by atoms with Crippen molar-refractivity contribution < 1.29 is 13.2 Å². The van der Waals surface area contributed by atoms with Crippen LogP contribution in [0.1, 0.15) is 11.3 Å². The lowest BCUT2D eigenvalue weighted by atomic mass is 10.2. The molecule has 0 aliphatic rings. The van der Waals surface area contributed by atoms with E-state index < -0.39 is 12.2 Å². The van der Waals surface area contributed by atoms with Crippen LogP contribution in [0.3, 0.4) is 0 Å². The number of fused-ring (bicyclic) bond motifs is 1. The van der Waals surface area contributed by atoms with Crippen LogP contribution < -0.4 is 0 Å². The zero-order valence-corrected chi connectivity index (χ0v) is 8.30. The van der Waals surface area contributed by atoms with E-state index in [0.717, 1.165) is 17.4 Å². The molecule has 74 valence electrons. The van der Waals surface area contributed by atoms with E-state index in [9.17, 15) is 13.2 Å². The number of benzene rings is 1. The molecule has 0 atom stereocenters. The molecule has 0 spiro atoms. The first kappa shape index (κ1) is 9.80. The van der Waals surface area contributed by atoms with Gasteiger partial charge in [0.25, 0.3) is 6.43 Å². The maximum atomic E-state index is 13.1. The predicted molar refractivity (Wildman–Crippen MR) is 51.8 cm³/mol. The van der Waals surface area contributed by atoms with Crippen LogP contribution in [0.15, 0.2) is 18.2 Å². The Bertz CT molecular complexity index is 439. The van der Waals surface area contributed by atoms with E-state index >= 15 is 0 Å². The fraction of sp³-hybridized carbons (Fsp3) is 0.111. The summed E-state index contributed by atoms with van der Waals surface area (Å²) in [6, 6.07) is 3.68. The maximum absolute atomic E-state index is 13.1. The number of hydrogen-bond donors (Lipinski definition) is 0. The van der Waals surface area contributed by atoms with Crippen molar-refractivity contribution in [3.63, 3.8) is 0 Å². The van der Waals surface area contributed by atoms with Crippen LogP contribution in [0.5, 0.6) is 0 Å². The molecule has 0 unspecified atom stereocenters. The predicted octanol–water partition coefficient (Wildman–Crippen LogP) is 4.63. The van der Waals surface area contributed by atoms with E-state index in [0.29, 0.717) is 9.72 Å². The van der Waals surface area contributed by atoms with Gasteiger partial charge < -0.3 is 0 Å². The summed E-state index contributed by atoms with van der Waals surface area (Å²) in [4.78, 5) is -0.160. The lowest BCUT2D eigenvalue weighted by Gasteiger charge is -1.93. The summed E-state index contributed by atoms with van der Waals surface area (Å²) in [5.74, 6) is -0.521. The molecule has 5 heteroatoms. The topological polar surface area (TPSA) is 0 Å². The van der Waals surface area contributed by atoms with Gasteiger partial charge >= 0.3 is 0 Å². The minimum absolute atomic E-state index is 0.160. The first-order valence-corrected chi connectivity index (χ1v) is 4.94. The third-order valence-corrected chi connectivity index (χ3v) is 3.42. The van der Waals surface area contributed by atoms with Gasteiger partial charge in [-0.05, 0) is 18.2 Å². The fourth-order valence-electron chi connectivity index (χ4n) is 1.18. The van der Waals surface area contributed by atoms with E-state index in [-0.39, 0.29) is 10.3 Å². The second kappa shape index (κ2) is 3.44. The Morgan fingerprint density at radius 1 is 1.29 bits per heavy atom. The van der Waals surface area contributed by atoms with Crippen molar-refractivity contribution in [1.29, 1.82) is 0 Å². The molecule has 0 aliphatic heterocycles.